The van der Waals surface area contributed by atoms with Crippen molar-refractivity contribution in [1.82, 2.24) is 15.5 Å². The van der Waals surface area contributed by atoms with E-state index in [0.717, 1.165) is 30.6 Å². The Balaban J connectivity index is 1.74. The molecule has 3 N–H and O–H groups in total. The summed E-state index contributed by atoms with van der Waals surface area (Å²) in [5, 5.41) is 19.6. The molecule has 116 valence electrons. The SMILES string of the molecule is COc1ccc(-c2[nH]ncc2C(=O)NCC2(O)CCC2)cc1. The molecule has 1 fully saturated rings. The number of rotatable bonds is 5. The van der Waals surface area contributed by atoms with Crippen molar-refractivity contribution in [3.05, 3.63) is 36.0 Å². The number of ether oxygens (including phenoxy) is 1. The molecule has 1 aromatic carbocycles. The molecule has 0 saturated heterocycles. The summed E-state index contributed by atoms with van der Waals surface area (Å²) in [6, 6.07) is 7.38. The molecule has 0 spiro atoms. The van der Waals surface area contributed by atoms with E-state index < -0.39 is 5.60 Å². The number of aromatic amines is 1. The van der Waals surface area contributed by atoms with Crippen molar-refractivity contribution in [1.29, 1.82) is 0 Å². The van der Waals surface area contributed by atoms with Crippen LogP contribution in [0.3, 0.4) is 0 Å². The van der Waals surface area contributed by atoms with Gasteiger partial charge in [-0.05, 0) is 43.5 Å². The Morgan fingerprint density at radius 3 is 2.73 bits per heavy atom. The van der Waals surface area contributed by atoms with Crippen LogP contribution in [0.2, 0.25) is 0 Å². The zero-order valence-corrected chi connectivity index (χ0v) is 12.4. The van der Waals surface area contributed by atoms with Gasteiger partial charge in [0.1, 0.15) is 5.75 Å². The molecule has 3 rings (SSSR count). The molecule has 1 heterocycles. The highest BCUT2D eigenvalue weighted by molar-refractivity contribution is 5.99. The van der Waals surface area contributed by atoms with Gasteiger partial charge in [0.05, 0.1) is 30.2 Å². The van der Waals surface area contributed by atoms with Gasteiger partial charge in [0.2, 0.25) is 0 Å². The molecule has 1 aliphatic rings. The largest absolute Gasteiger partial charge is 0.497 e. The smallest absolute Gasteiger partial charge is 0.255 e. The highest BCUT2D eigenvalue weighted by Gasteiger charge is 2.34. The average molecular weight is 301 g/mol. The third kappa shape index (κ3) is 2.82. The maximum Gasteiger partial charge on any atom is 0.255 e. The lowest BCUT2D eigenvalue weighted by molar-refractivity contribution is -0.0300. The van der Waals surface area contributed by atoms with Crippen LogP contribution in [-0.2, 0) is 0 Å². The number of carbonyl (C=O) groups is 1. The first-order chi connectivity index (χ1) is 10.6. The van der Waals surface area contributed by atoms with E-state index in [-0.39, 0.29) is 12.5 Å². The quantitative estimate of drug-likeness (QED) is 0.785. The van der Waals surface area contributed by atoms with Gasteiger partial charge < -0.3 is 15.2 Å². The van der Waals surface area contributed by atoms with Gasteiger partial charge in [-0.3, -0.25) is 9.89 Å². The Morgan fingerprint density at radius 1 is 1.41 bits per heavy atom. The van der Waals surface area contributed by atoms with Gasteiger partial charge in [0.25, 0.3) is 5.91 Å². The van der Waals surface area contributed by atoms with Gasteiger partial charge in [-0.25, -0.2) is 0 Å². The highest BCUT2D eigenvalue weighted by Crippen LogP contribution is 2.31. The monoisotopic (exact) mass is 301 g/mol. The first kappa shape index (κ1) is 14.6. The lowest BCUT2D eigenvalue weighted by atomic mass is 9.80. The highest BCUT2D eigenvalue weighted by atomic mass is 16.5. The molecular weight excluding hydrogens is 282 g/mol. The number of nitrogens with one attached hydrogen (secondary N) is 2. The first-order valence-corrected chi connectivity index (χ1v) is 7.30. The number of hydrogen-bond acceptors (Lipinski definition) is 4. The van der Waals surface area contributed by atoms with Crippen molar-refractivity contribution in [3.63, 3.8) is 0 Å². The molecule has 6 heteroatoms. The third-order valence-electron chi connectivity index (χ3n) is 4.12. The van der Waals surface area contributed by atoms with E-state index in [1.54, 1.807) is 7.11 Å². The molecule has 1 aromatic heterocycles. The topological polar surface area (TPSA) is 87.2 Å². The van der Waals surface area contributed by atoms with Crippen LogP contribution in [0.5, 0.6) is 5.75 Å². The van der Waals surface area contributed by atoms with E-state index in [4.69, 9.17) is 4.74 Å². The summed E-state index contributed by atoms with van der Waals surface area (Å²) >= 11 is 0. The number of benzene rings is 1. The summed E-state index contributed by atoms with van der Waals surface area (Å²) in [5.41, 5.74) is 1.24. The normalized spacial score (nSPS) is 15.9. The lowest BCUT2D eigenvalue weighted by Gasteiger charge is -2.36. The first-order valence-electron chi connectivity index (χ1n) is 7.30. The van der Waals surface area contributed by atoms with E-state index in [0.29, 0.717) is 11.3 Å². The Kier molecular flexibility index (Phi) is 3.85. The van der Waals surface area contributed by atoms with Gasteiger partial charge in [-0.2, -0.15) is 5.10 Å². The predicted molar refractivity (Wildman–Crippen MR) is 81.7 cm³/mol. The zero-order valence-electron chi connectivity index (χ0n) is 12.4. The standard InChI is InChI=1S/C16H19N3O3/c1-22-12-5-3-11(4-6-12)14-13(9-18-19-14)15(20)17-10-16(21)7-2-8-16/h3-6,9,21H,2,7-8,10H2,1H3,(H,17,20)(H,18,19). The molecule has 0 unspecified atom stereocenters. The van der Waals surface area contributed by atoms with Crippen LogP contribution in [0, 0.1) is 0 Å². The molecule has 2 aromatic rings. The van der Waals surface area contributed by atoms with E-state index in [2.05, 4.69) is 15.5 Å². The second-order valence-corrected chi connectivity index (χ2v) is 5.65. The summed E-state index contributed by atoms with van der Waals surface area (Å²) in [7, 11) is 1.61. The molecule has 1 aliphatic carbocycles. The second-order valence-electron chi connectivity index (χ2n) is 5.65. The number of carbonyl (C=O) groups excluding carboxylic acids is 1. The van der Waals surface area contributed by atoms with Crippen molar-refractivity contribution in [2.45, 2.75) is 24.9 Å². The van der Waals surface area contributed by atoms with Gasteiger partial charge in [0, 0.05) is 12.1 Å². The Labute approximate surface area is 128 Å². The summed E-state index contributed by atoms with van der Waals surface area (Å²) in [5.74, 6) is 0.515. The van der Waals surface area contributed by atoms with Crippen LogP contribution in [-0.4, -0.2) is 40.5 Å². The predicted octanol–water partition coefficient (Wildman–Crippen LogP) is 1.73. The Bertz CT molecular complexity index is 660. The molecule has 0 bridgehead atoms. The summed E-state index contributed by atoms with van der Waals surface area (Å²) in [4.78, 5) is 12.3. The van der Waals surface area contributed by atoms with Crippen LogP contribution < -0.4 is 10.1 Å². The van der Waals surface area contributed by atoms with Crippen molar-refractivity contribution in [3.8, 4) is 17.0 Å². The van der Waals surface area contributed by atoms with E-state index in [9.17, 15) is 9.90 Å². The van der Waals surface area contributed by atoms with Crippen molar-refractivity contribution in [2.24, 2.45) is 0 Å². The molecule has 1 amide bonds. The minimum absolute atomic E-state index is 0.236. The number of nitrogens with zero attached hydrogens (tertiary/aromatic N) is 1. The number of aliphatic hydroxyl groups is 1. The fourth-order valence-corrected chi connectivity index (χ4v) is 2.54. The second kappa shape index (κ2) is 5.81. The molecule has 1 saturated carbocycles. The molecule has 0 aliphatic heterocycles. The van der Waals surface area contributed by atoms with Crippen molar-refractivity contribution >= 4 is 5.91 Å². The molecule has 0 atom stereocenters. The van der Waals surface area contributed by atoms with Gasteiger partial charge >= 0.3 is 0 Å². The summed E-state index contributed by atoms with van der Waals surface area (Å²) < 4.78 is 5.13. The lowest BCUT2D eigenvalue weighted by Crippen LogP contribution is -2.47. The van der Waals surface area contributed by atoms with Crippen LogP contribution in [0.25, 0.3) is 11.3 Å². The van der Waals surface area contributed by atoms with Gasteiger partial charge in [0.15, 0.2) is 0 Å². The molecule has 22 heavy (non-hydrogen) atoms. The van der Waals surface area contributed by atoms with Crippen LogP contribution >= 0.6 is 0 Å². The average Bonchev–Trinajstić information content (AvgIpc) is 3.00. The minimum atomic E-state index is -0.736. The number of amides is 1. The van der Waals surface area contributed by atoms with Crippen molar-refractivity contribution in [2.75, 3.05) is 13.7 Å². The molecule has 6 nitrogen and oxygen atoms in total. The summed E-state index contributed by atoms with van der Waals surface area (Å²) in [6.07, 6.45) is 3.99. The van der Waals surface area contributed by atoms with Crippen LogP contribution in [0.4, 0.5) is 0 Å². The Morgan fingerprint density at radius 2 is 2.14 bits per heavy atom. The minimum Gasteiger partial charge on any atom is -0.497 e. The fraction of sp³-hybridized carbons (Fsp3) is 0.375. The maximum atomic E-state index is 12.3. The van der Waals surface area contributed by atoms with E-state index in [1.807, 2.05) is 24.3 Å². The Hall–Kier alpha value is -2.34. The fourth-order valence-electron chi connectivity index (χ4n) is 2.54. The summed E-state index contributed by atoms with van der Waals surface area (Å²) in [6.45, 7) is 0.277. The van der Waals surface area contributed by atoms with Gasteiger partial charge in [-0.15, -0.1) is 0 Å². The molecular formula is C16H19N3O3. The number of aromatic nitrogens is 2. The van der Waals surface area contributed by atoms with E-state index >= 15 is 0 Å². The zero-order chi connectivity index (χ0) is 15.6. The van der Waals surface area contributed by atoms with Crippen LogP contribution in [0.15, 0.2) is 30.5 Å². The number of methoxy groups -OCH3 is 1. The maximum absolute atomic E-state index is 12.3. The van der Waals surface area contributed by atoms with Crippen LogP contribution in [0.1, 0.15) is 29.6 Å². The third-order valence-corrected chi connectivity index (χ3v) is 4.12. The number of H-pyrrole nitrogens is 1. The van der Waals surface area contributed by atoms with E-state index in [1.165, 1.54) is 6.20 Å². The van der Waals surface area contributed by atoms with Gasteiger partial charge in [-0.1, -0.05) is 0 Å². The number of hydrogen-bond donors (Lipinski definition) is 3. The molecule has 0 radical (unpaired) electrons. The van der Waals surface area contributed by atoms with Crippen molar-refractivity contribution < 1.29 is 14.6 Å².